The maximum absolute atomic E-state index is 9.97. The molecule has 1 unspecified atom stereocenters. The van der Waals surface area contributed by atoms with Gasteiger partial charge in [-0.1, -0.05) is 20.8 Å². The van der Waals surface area contributed by atoms with Crippen molar-refractivity contribution in [3.8, 4) is 0 Å². The summed E-state index contributed by atoms with van der Waals surface area (Å²) in [6.45, 7) is 15.2. The lowest BCUT2D eigenvalue weighted by molar-refractivity contribution is -0.130. The Hall–Kier alpha value is -1.04. The second kappa shape index (κ2) is 3.57. The van der Waals surface area contributed by atoms with Crippen molar-refractivity contribution in [1.29, 1.82) is 0 Å². The Morgan fingerprint density at radius 3 is 2.17 bits per heavy atom. The minimum atomic E-state index is -0.631. The Bertz CT molecular complexity index is 200. The highest BCUT2D eigenvalue weighted by Crippen LogP contribution is 2.33. The predicted octanol–water partition coefficient (Wildman–Crippen LogP) is 1.88. The fourth-order valence-electron chi connectivity index (χ4n) is 0.613. The van der Waals surface area contributed by atoms with Gasteiger partial charge in [0.25, 0.3) is 12.0 Å². The standard InChI is InChI=1S/C9H15NO2/c1-8(2,3)9(4,10-5)6-12-7-11/h7H,6H2,1-4H3. The van der Waals surface area contributed by atoms with E-state index in [0.29, 0.717) is 6.47 Å². The van der Waals surface area contributed by atoms with Gasteiger partial charge in [0.15, 0.2) is 6.61 Å². The summed E-state index contributed by atoms with van der Waals surface area (Å²) in [5, 5.41) is 0. The van der Waals surface area contributed by atoms with E-state index in [-0.39, 0.29) is 12.0 Å². The van der Waals surface area contributed by atoms with Gasteiger partial charge in [0.05, 0.1) is 0 Å². The molecule has 0 rings (SSSR count). The van der Waals surface area contributed by atoms with Crippen LogP contribution in [-0.2, 0) is 9.53 Å². The van der Waals surface area contributed by atoms with Gasteiger partial charge in [0, 0.05) is 12.3 Å². The Morgan fingerprint density at radius 2 is 1.92 bits per heavy atom. The monoisotopic (exact) mass is 169 g/mol. The van der Waals surface area contributed by atoms with Crippen LogP contribution in [0.25, 0.3) is 4.85 Å². The third-order valence-corrected chi connectivity index (χ3v) is 2.29. The second-order valence-corrected chi connectivity index (χ2v) is 4.04. The SMILES string of the molecule is [C-]#[N+]C(C)(COC=O)C(C)(C)C. The maximum Gasteiger partial charge on any atom is 0.293 e. The van der Waals surface area contributed by atoms with E-state index < -0.39 is 5.54 Å². The highest BCUT2D eigenvalue weighted by molar-refractivity contribution is 5.37. The van der Waals surface area contributed by atoms with Crippen molar-refractivity contribution in [3.63, 3.8) is 0 Å². The number of hydrogen-bond donors (Lipinski definition) is 0. The van der Waals surface area contributed by atoms with Crippen molar-refractivity contribution in [2.75, 3.05) is 6.61 Å². The minimum absolute atomic E-state index is 0.156. The molecule has 12 heavy (non-hydrogen) atoms. The molecule has 0 bridgehead atoms. The summed E-state index contributed by atoms with van der Waals surface area (Å²) < 4.78 is 4.62. The number of carbonyl (C=O) groups is 1. The average molecular weight is 169 g/mol. The van der Waals surface area contributed by atoms with Crippen LogP contribution in [0.1, 0.15) is 27.7 Å². The first kappa shape index (κ1) is 11.0. The topological polar surface area (TPSA) is 30.7 Å². The second-order valence-electron chi connectivity index (χ2n) is 4.04. The van der Waals surface area contributed by atoms with Crippen molar-refractivity contribution in [1.82, 2.24) is 0 Å². The molecule has 0 aliphatic carbocycles. The largest absolute Gasteiger partial charge is 0.459 e. The van der Waals surface area contributed by atoms with E-state index >= 15 is 0 Å². The summed E-state index contributed by atoms with van der Waals surface area (Å²) in [7, 11) is 0. The van der Waals surface area contributed by atoms with Gasteiger partial charge in [-0.2, -0.15) is 0 Å². The van der Waals surface area contributed by atoms with Crippen molar-refractivity contribution in [3.05, 3.63) is 11.4 Å². The zero-order valence-corrected chi connectivity index (χ0v) is 8.05. The smallest absolute Gasteiger partial charge is 0.293 e. The van der Waals surface area contributed by atoms with E-state index in [9.17, 15) is 4.79 Å². The first-order chi connectivity index (χ1) is 5.37. The summed E-state index contributed by atoms with van der Waals surface area (Å²) in [4.78, 5) is 13.5. The van der Waals surface area contributed by atoms with Crippen molar-refractivity contribution in [2.45, 2.75) is 33.2 Å². The third-order valence-electron chi connectivity index (χ3n) is 2.29. The highest BCUT2D eigenvalue weighted by atomic mass is 16.5. The summed E-state index contributed by atoms with van der Waals surface area (Å²) in [5.74, 6) is 0. The number of carbonyl (C=O) groups excluding carboxylic acids is 1. The normalized spacial score (nSPS) is 15.9. The molecule has 0 amide bonds. The van der Waals surface area contributed by atoms with E-state index in [1.807, 2.05) is 20.8 Å². The molecule has 0 aliphatic rings. The molecule has 0 radical (unpaired) electrons. The molecular formula is C9H15NO2. The van der Waals surface area contributed by atoms with E-state index in [0.717, 1.165) is 0 Å². The van der Waals surface area contributed by atoms with Crippen molar-refractivity contribution < 1.29 is 9.53 Å². The van der Waals surface area contributed by atoms with Gasteiger partial charge < -0.3 is 9.58 Å². The molecule has 0 aromatic heterocycles. The van der Waals surface area contributed by atoms with Crippen LogP contribution < -0.4 is 0 Å². The molecule has 0 aromatic rings. The molecule has 0 aromatic carbocycles. The van der Waals surface area contributed by atoms with Gasteiger partial charge in [-0.25, -0.2) is 6.57 Å². The van der Waals surface area contributed by atoms with Gasteiger partial charge in [0.2, 0.25) is 0 Å². The number of nitrogens with zero attached hydrogens (tertiary/aromatic N) is 1. The van der Waals surface area contributed by atoms with Crippen LogP contribution in [0.5, 0.6) is 0 Å². The van der Waals surface area contributed by atoms with Gasteiger partial charge in [0.1, 0.15) is 0 Å². The molecule has 68 valence electrons. The lowest BCUT2D eigenvalue weighted by atomic mass is 9.76. The Morgan fingerprint density at radius 1 is 1.42 bits per heavy atom. The molecule has 0 heterocycles. The van der Waals surface area contributed by atoms with Gasteiger partial charge in [-0.05, 0) is 0 Å². The quantitative estimate of drug-likeness (QED) is 0.477. The van der Waals surface area contributed by atoms with E-state index in [1.165, 1.54) is 0 Å². The Balaban J connectivity index is 4.48. The van der Waals surface area contributed by atoms with Gasteiger partial charge >= 0.3 is 0 Å². The summed E-state index contributed by atoms with van der Waals surface area (Å²) in [6.07, 6.45) is 0. The van der Waals surface area contributed by atoms with E-state index in [2.05, 4.69) is 9.58 Å². The summed E-state index contributed by atoms with van der Waals surface area (Å²) >= 11 is 0. The number of rotatable bonds is 3. The Labute approximate surface area is 73.5 Å². The molecule has 3 heteroatoms. The first-order valence-corrected chi connectivity index (χ1v) is 3.81. The lowest BCUT2D eigenvalue weighted by Crippen LogP contribution is -2.40. The van der Waals surface area contributed by atoms with Crippen LogP contribution in [0.15, 0.2) is 0 Å². The molecule has 1 atom stereocenters. The van der Waals surface area contributed by atoms with E-state index in [4.69, 9.17) is 6.57 Å². The zero-order valence-electron chi connectivity index (χ0n) is 8.05. The molecule has 0 aliphatic heterocycles. The van der Waals surface area contributed by atoms with Gasteiger partial charge in [-0.15, -0.1) is 0 Å². The van der Waals surface area contributed by atoms with Crippen LogP contribution >= 0.6 is 0 Å². The molecule has 0 fully saturated rings. The third kappa shape index (κ3) is 2.23. The zero-order chi connectivity index (χ0) is 9.83. The van der Waals surface area contributed by atoms with Gasteiger partial charge in [-0.3, -0.25) is 4.79 Å². The minimum Gasteiger partial charge on any atom is -0.459 e. The average Bonchev–Trinajstić information content (AvgIpc) is 1.98. The van der Waals surface area contributed by atoms with Crippen molar-refractivity contribution in [2.24, 2.45) is 5.41 Å². The van der Waals surface area contributed by atoms with Crippen LogP contribution in [0.3, 0.4) is 0 Å². The molecule has 0 saturated heterocycles. The summed E-state index contributed by atoms with van der Waals surface area (Å²) in [6, 6.07) is 0. The molecular weight excluding hydrogens is 154 g/mol. The van der Waals surface area contributed by atoms with Crippen molar-refractivity contribution >= 4 is 6.47 Å². The molecule has 0 N–H and O–H groups in total. The van der Waals surface area contributed by atoms with Crippen LogP contribution in [0.4, 0.5) is 0 Å². The molecule has 0 spiro atoms. The molecule has 0 saturated carbocycles. The van der Waals surface area contributed by atoms with Crippen LogP contribution in [0.2, 0.25) is 0 Å². The maximum atomic E-state index is 9.97. The molecule has 3 nitrogen and oxygen atoms in total. The highest BCUT2D eigenvalue weighted by Gasteiger charge is 2.44. The predicted molar refractivity (Wildman–Crippen MR) is 46.5 cm³/mol. The van der Waals surface area contributed by atoms with Crippen LogP contribution in [0, 0.1) is 12.0 Å². The fraction of sp³-hybridized carbons (Fsp3) is 0.778. The van der Waals surface area contributed by atoms with Crippen LogP contribution in [-0.4, -0.2) is 18.6 Å². The first-order valence-electron chi connectivity index (χ1n) is 3.81. The Kier molecular flexibility index (Phi) is 3.26. The summed E-state index contributed by atoms with van der Waals surface area (Å²) in [5.41, 5.74) is -0.814. The van der Waals surface area contributed by atoms with E-state index in [1.54, 1.807) is 6.92 Å². The fourth-order valence-corrected chi connectivity index (χ4v) is 0.613. The lowest BCUT2D eigenvalue weighted by Gasteiger charge is -2.29. The number of ether oxygens (including phenoxy) is 1. The number of hydrogen-bond acceptors (Lipinski definition) is 2.